The second-order valence-electron chi connectivity index (χ2n) is 4.41. The standard InChI is InChI=1S/C15H16BrNO2S/c1-13-7-9-15(10-8-13)20(18,19)17(12-11-16)14-5-3-2-4-6-14/h2-10H,11-12H2,1H3. The molecule has 0 aliphatic rings. The molecule has 0 aliphatic heterocycles. The summed E-state index contributed by atoms with van der Waals surface area (Å²) < 4.78 is 26.9. The highest BCUT2D eigenvalue weighted by Gasteiger charge is 2.23. The number of rotatable bonds is 5. The molecule has 0 unspecified atom stereocenters. The Balaban J connectivity index is 2.45. The summed E-state index contributed by atoms with van der Waals surface area (Å²) in [4.78, 5) is 0.313. The Morgan fingerprint density at radius 1 is 1.00 bits per heavy atom. The molecule has 0 atom stereocenters. The van der Waals surface area contributed by atoms with Crippen LogP contribution >= 0.6 is 15.9 Å². The molecule has 0 amide bonds. The SMILES string of the molecule is Cc1ccc(S(=O)(=O)N(CCBr)c2ccccc2)cc1. The molecule has 3 nitrogen and oxygen atoms in total. The molecule has 0 bridgehead atoms. The predicted octanol–water partition coefficient (Wildman–Crippen LogP) is 3.59. The van der Waals surface area contributed by atoms with E-state index in [1.54, 1.807) is 24.3 Å². The third kappa shape index (κ3) is 3.22. The summed E-state index contributed by atoms with van der Waals surface area (Å²) in [6, 6.07) is 16.1. The van der Waals surface area contributed by atoms with E-state index in [-0.39, 0.29) is 0 Å². The van der Waals surface area contributed by atoms with Gasteiger partial charge in [0.25, 0.3) is 10.0 Å². The summed E-state index contributed by atoms with van der Waals surface area (Å²) in [6.45, 7) is 2.32. The highest BCUT2D eigenvalue weighted by molar-refractivity contribution is 9.09. The van der Waals surface area contributed by atoms with E-state index in [1.807, 2.05) is 37.3 Å². The van der Waals surface area contributed by atoms with Crippen molar-refractivity contribution in [2.24, 2.45) is 0 Å². The molecule has 5 heteroatoms. The van der Waals surface area contributed by atoms with E-state index in [1.165, 1.54) is 4.31 Å². The summed E-state index contributed by atoms with van der Waals surface area (Å²) in [5.41, 5.74) is 1.71. The minimum atomic E-state index is -3.53. The zero-order valence-corrected chi connectivity index (χ0v) is 13.6. The van der Waals surface area contributed by atoms with E-state index >= 15 is 0 Å². The first kappa shape index (κ1) is 15.1. The lowest BCUT2D eigenvalue weighted by Crippen LogP contribution is -2.32. The van der Waals surface area contributed by atoms with E-state index in [0.717, 1.165) is 5.56 Å². The lowest BCUT2D eigenvalue weighted by Gasteiger charge is -2.23. The van der Waals surface area contributed by atoms with Crippen molar-refractivity contribution in [3.63, 3.8) is 0 Å². The van der Waals surface area contributed by atoms with Gasteiger partial charge in [-0.15, -0.1) is 0 Å². The average molecular weight is 354 g/mol. The first-order chi connectivity index (χ1) is 9.55. The van der Waals surface area contributed by atoms with Gasteiger partial charge < -0.3 is 0 Å². The molecular formula is C15H16BrNO2S. The number of nitrogens with zero attached hydrogens (tertiary/aromatic N) is 1. The third-order valence-corrected chi connectivity index (χ3v) is 5.14. The Morgan fingerprint density at radius 2 is 1.60 bits per heavy atom. The zero-order chi connectivity index (χ0) is 14.6. The van der Waals surface area contributed by atoms with E-state index < -0.39 is 10.0 Å². The maximum Gasteiger partial charge on any atom is 0.264 e. The van der Waals surface area contributed by atoms with Crippen LogP contribution in [-0.2, 0) is 10.0 Å². The maximum absolute atomic E-state index is 12.7. The fourth-order valence-electron chi connectivity index (χ4n) is 1.90. The summed E-state index contributed by atoms with van der Waals surface area (Å²) in [6.07, 6.45) is 0. The monoisotopic (exact) mass is 353 g/mol. The average Bonchev–Trinajstić information content (AvgIpc) is 2.46. The topological polar surface area (TPSA) is 37.4 Å². The van der Waals surface area contributed by atoms with Gasteiger partial charge in [0.2, 0.25) is 0 Å². The fraction of sp³-hybridized carbons (Fsp3) is 0.200. The first-order valence-electron chi connectivity index (χ1n) is 6.26. The highest BCUT2D eigenvalue weighted by Crippen LogP contribution is 2.23. The smallest absolute Gasteiger partial charge is 0.264 e. The van der Waals surface area contributed by atoms with Crippen LogP contribution in [0.25, 0.3) is 0 Å². The maximum atomic E-state index is 12.7. The quantitative estimate of drug-likeness (QED) is 0.770. The van der Waals surface area contributed by atoms with E-state index in [4.69, 9.17) is 0 Å². The summed E-state index contributed by atoms with van der Waals surface area (Å²) in [5, 5.41) is 0.576. The van der Waals surface area contributed by atoms with Gasteiger partial charge in [0.1, 0.15) is 0 Å². The number of sulfonamides is 1. The van der Waals surface area contributed by atoms with Crippen LogP contribution < -0.4 is 4.31 Å². The summed E-state index contributed by atoms with van der Waals surface area (Å²) in [5.74, 6) is 0. The molecule has 106 valence electrons. The molecule has 0 fully saturated rings. The van der Waals surface area contributed by atoms with Gasteiger partial charge in [-0.1, -0.05) is 51.8 Å². The second-order valence-corrected chi connectivity index (χ2v) is 7.07. The molecule has 0 radical (unpaired) electrons. The van der Waals surface area contributed by atoms with Gasteiger partial charge in [-0.05, 0) is 31.2 Å². The number of hydrogen-bond acceptors (Lipinski definition) is 2. The first-order valence-corrected chi connectivity index (χ1v) is 8.82. The predicted molar refractivity (Wildman–Crippen MR) is 85.9 cm³/mol. The molecule has 2 rings (SSSR count). The van der Waals surface area contributed by atoms with Crippen molar-refractivity contribution in [2.75, 3.05) is 16.2 Å². The number of anilines is 1. The van der Waals surface area contributed by atoms with Gasteiger partial charge >= 0.3 is 0 Å². The molecule has 20 heavy (non-hydrogen) atoms. The van der Waals surface area contributed by atoms with Crippen molar-refractivity contribution in [1.29, 1.82) is 0 Å². The van der Waals surface area contributed by atoms with Crippen LogP contribution in [0.15, 0.2) is 59.5 Å². The number of benzene rings is 2. The van der Waals surface area contributed by atoms with Crippen molar-refractivity contribution in [1.82, 2.24) is 0 Å². The molecule has 0 saturated heterocycles. The molecule has 2 aromatic carbocycles. The molecule has 0 aliphatic carbocycles. The van der Waals surface area contributed by atoms with Gasteiger partial charge in [-0.2, -0.15) is 0 Å². The molecule has 2 aromatic rings. The zero-order valence-electron chi connectivity index (χ0n) is 11.2. The van der Waals surface area contributed by atoms with Crippen molar-refractivity contribution in [2.45, 2.75) is 11.8 Å². The Bertz CT molecular complexity index is 654. The normalized spacial score (nSPS) is 11.3. The summed E-state index contributed by atoms with van der Waals surface area (Å²) >= 11 is 3.32. The van der Waals surface area contributed by atoms with E-state index in [2.05, 4.69) is 15.9 Å². The van der Waals surface area contributed by atoms with Gasteiger partial charge in [0.05, 0.1) is 10.6 Å². The number of aryl methyl sites for hydroxylation is 1. The van der Waals surface area contributed by atoms with Gasteiger partial charge in [-0.25, -0.2) is 8.42 Å². The molecule has 0 spiro atoms. The van der Waals surface area contributed by atoms with E-state index in [9.17, 15) is 8.42 Å². The lowest BCUT2D eigenvalue weighted by molar-refractivity contribution is 0.592. The minimum Gasteiger partial charge on any atom is -0.266 e. The van der Waals surface area contributed by atoms with Crippen molar-refractivity contribution in [3.8, 4) is 0 Å². The Morgan fingerprint density at radius 3 is 2.15 bits per heavy atom. The van der Waals surface area contributed by atoms with Crippen LogP contribution in [0.1, 0.15) is 5.56 Å². The number of alkyl halides is 1. The van der Waals surface area contributed by atoms with Crippen LogP contribution in [0, 0.1) is 6.92 Å². The molecule has 0 saturated carbocycles. The van der Waals surface area contributed by atoms with Crippen molar-refractivity contribution in [3.05, 3.63) is 60.2 Å². The highest BCUT2D eigenvalue weighted by atomic mass is 79.9. The minimum absolute atomic E-state index is 0.313. The van der Waals surface area contributed by atoms with Crippen LogP contribution in [0.3, 0.4) is 0 Å². The van der Waals surface area contributed by atoms with Gasteiger partial charge in [-0.3, -0.25) is 4.31 Å². The number of hydrogen-bond donors (Lipinski definition) is 0. The molecular weight excluding hydrogens is 338 g/mol. The largest absolute Gasteiger partial charge is 0.266 e. The fourth-order valence-corrected chi connectivity index (χ4v) is 3.95. The van der Waals surface area contributed by atoms with Gasteiger partial charge in [0, 0.05) is 11.9 Å². The van der Waals surface area contributed by atoms with E-state index in [0.29, 0.717) is 22.5 Å². The number of halogens is 1. The van der Waals surface area contributed by atoms with Crippen molar-refractivity contribution < 1.29 is 8.42 Å². The van der Waals surface area contributed by atoms with Crippen LogP contribution in [0.5, 0.6) is 0 Å². The Labute approximate surface area is 128 Å². The Kier molecular flexibility index (Phi) is 4.83. The molecule has 0 heterocycles. The van der Waals surface area contributed by atoms with Gasteiger partial charge in [0.15, 0.2) is 0 Å². The third-order valence-electron chi connectivity index (χ3n) is 2.94. The van der Waals surface area contributed by atoms with Crippen molar-refractivity contribution >= 4 is 31.6 Å². The second kappa shape index (κ2) is 6.41. The molecule has 0 aromatic heterocycles. The van der Waals surface area contributed by atoms with Crippen LogP contribution in [0.4, 0.5) is 5.69 Å². The van der Waals surface area contributed by atoms with Crippen LogP contribution in [-0.4, -0.2) is 20.3 Å². The summed E-state index contributed by atoms with van der Waals surface area (Å²) in [7, 11) is -3.53. The van der Waals surface area contributed by atoms with Crippen LogP contribution in [0.2, 0.25) is 0 Å². The Hall–Kier alpha value is -1.33. The lowest BCUT2D eigenvalue weighted by atomic mass is 10.2. The number of para-hydroxylation sites is 1. The molecule has 0 N–H and O–H groups in total.